The van der Waals surface area contributed by atoms with Gasteiger partial charge in [-0.05, 0) is 81.7 Å². The first-order chi connectivity index (χ1) is 29.5. The van der Waals surface area contributed by atoms with Crippen molar-refractivity contribution >= 4 is 46.4 Å². The number of fused-ring (bicyclic) bond motifs is 4. The van der Waals surface area contributed by atoms with Gasteiger partial charge in [-0.1, -0.05) is 125 Å². The molecule has 0 bridgehead atoms. The van der Waals surface area contributed by atoms with E-state index in [2.05, 4.69) is 130 Å². The summed E-state index contributed by atoms with van der Waals surface area (Å²) in [5, 5.41) is 2.64. The van der Waals surface area contributed by atoms with E-state index in [0.29, 0.717) is 33.7 Å². The number of halogens is 3. The summed E-state index contributed by atoms with van der Waals surface area (Å²) in [7, 11) is -1.34. The van der Waals surface area contributed by atoms with Gasteiger partial charge in [-0.3, -0.25) is 4.98 Å². The molecule has 0 aliphatic rings. The van der Waals surface area contributed by atoms with Crippen LogP contribution in [0.1, 0.15) is 51.4 Å². The van der Waals surface area contributed by atoms with Crippen LogP contribution in [0.5, 0.6) is 0 Å². The molecule has 63 heavy (non-hydrogen) atoms. The topological polar surface area (TPSA) is 56.7 Å². The molecule has 4 aromatic heterocycles. The largest absolute Gasteiger partial charge is 0.486 e. The number of furan rings is 1. The second kappa shape index (κ2) is 17.8. The minimum Gasteiger partial charge on any atom is -0.486 e. The smallest absolute Gasteiger partial charge is 0.433 e. The molecule has 0 aliphatic heterocycles. The van der Waals surface area contributed by atoms with E-state index in [1.165, 1.54) is 16.8 Å². The third kappa shape index (κ3) is 9.49. The average Bonchev–Trinajstić information content (AvgIpc) is 3.82. The number of aromatic nitrogens is 4. The Hall–Kier alpha value is -5.67. The molecule has 323 valence electrons. The molecular weight excluding hydrogens is 986 g/mol. The molecule has 4 heterocycles. The third-order valence-electron chi connectivity index (χ3n) is 10.9. The maximum absolute atomic E-state index is 13.4. The number of para-hydroxylation sites is 2. The van der Waals surface area contributed by atoms with Crippen LogP contribution in [-0.4, -0.2) is 27.6 Å². The molecule has 9 aromatic rings. The van der Waals surface area contributed by atoms with Gasteiger partial charge in [0.15, 0.2) is 0 Å². The van der Waals surface area contributed by atoms with Crippen LogP contribution in [0.2, 0.25) is 19.6 Å². The summed E-state index contributed by atoms with van der Waals surface area (Å²) in [5.41, 5.74) is 9.18. The summed E-state index contributed by atoms with van der Waals surface area (Å²) < 4.78 is 48.4. The summed E-state index contributed by atoms with van der Waals surface area (Å²) in [5.74, 6) is 1.25. The van der Waals surface area contributed by atoms with E-state index < -0.39 is 19.9 Å². The molecule has 0 N–H and O–H groups in total. The number of alkyl halides is 3. The number of nitrogens with zero attached hydrogens (tertiary/aromatic N) is 4. The van der Waals surface area contributed by atoms with E-state index in [1.54, 1.807) is 12.1 Å². The molecule has 0 saturated heterocycles. The Balaban J connectivity index is 0.000000239. The van der Waals surface area contributed by atoms with Crippen molar-refractivity contribution in [3.8, 4) is 39.5 Å². The molecule has 0 saturated carbocycles. The van der Waals surface area contributed by atoms with E-state index in [-0.39, 0.29) is 31.2 Å². The predicted octanol–water partition coefficient (Wildman–Crippen LogP) is 14.1. The second-order valence-corrected chi connectivity index (χ2v) is 23.2. The zero-order chi connectivity index (χ0) is 44.0. The molecule has 10 heteroatoms. The van der Waals surface area contributed by atoms with Gasteiger partial charge in [0.1, 0.15) is 5.69 Å². The number of hydrogen-bond donors (Lipinski definition) is 0. The zero-order valence-electron chi connectivity index (χ0n) is 36.7. The van der Waals surface area contributed by atoms with Crippen molar-refractivity contribution in [3.05, 3.63) is 163 Å². The number of pyridine rings is 2. The van der Waals surface area contributed by atoms with Crippen molar-refractivity contribution in [3.63, 3.8) is 0 Å². The van der Waals surface area contributed by atoms with E-state index in [1.807, 2.05) is 60.7 Å². The first-order valence-electron chi connectivity index (χ1n) is 20.9. The average molecular weight is 1040 g/mol. The minimum absolute atomic E-state index is 0. The van der Waals surface area contributed by atoms with Crippen molar-refractivity contribution < 1.29 is 37.7 Å². The SMILES string of the molecule is CC(C)(C)c1cc(-c2ccccc2)ccc1-n1c(-c2[c-]ccc3c2oc2nc(C(F)(F)F)ccc23)nc2ccccc21.CC(C)Cc1cc(-c2[c-]cccc2)ncc1[Si](C)(C)C.[Ir]. The van der Waals surface area contributed by atoms with Crippen molar-refractivity contribution in [1.29, 1.82) is 0 Å². The number of benzene rings is 5. The van der Waals surface area contributed by atoms with Crippen LogP contribution in [0.3, 0.4) is 0 Å². The van der Waals surface area contributed by atoms with E-state index in [9.17, 15) is 13.2 Å². The number of rotatable bonds is 7. The molecule has 1 radical (unpaired) electrons. The molecule has 0 atom stereocenters. The van der Waals surface area contributed by atoms with Crippen molar-refractivity contribution in [1.82, 2.24) is 19.5 Å². The van der Waals surface area contributed by atoms with Crippen LogP contribution >= 0.6 is 0 Å². The maximum Gasteiger partial charge on any atom is 0.433 e. The van der Waals surface area contributed by atoms with Gasteiger partial charge in [0.25, 0.3) is 0 Å². The summed E-state index contributed by atoms with van der Waals surface area (Å²) in [4.78, 5) is 13.5. The van der Waals surface area contributed by atoms with E-state index in [0.717, 1.165) is 57.2 Å². The van der Waals surface area contributed by atoms with Crippen molar-refractivity contribution in [2.75, 3.05) is 0 Å². The molecule has 5 nitrogen and oxygen atoms in total. The van der Waals surface area contributed by atoms with E-state index in [4.69, 9.17) is 9.40 Å². The first kappa shape index (κ1) is 45.4. The van der Waals surface area contributed by atoms with Gasteiger partial charge >= 0.3 is 6.18 Å². The predicted molar refractivity (Wildman–Crippen MR) is 250 cm³/mol. The van der Waals surface area contributed by atoms with Gasteiger partial charge in [-0.2, -0.15) is 13.2 Å². The summed E-state index contributed by atoms with van der Waals surface area (Å²) in [6, 6.07) is 47.3. The van der Waals surface area contributed by atoms with Crippen LogP contribution in [0, 0.1) is 18.1 Å². The van der Waals surface area contributed by atoms with Crippen LogP contribution in [0.15, 0.2) is 138 Å². The van der Waals surface area contributed by atoms with Crippen LogP contribution < -0.4 is 5.19 Å². The Morgan fingerprint density at radius 2 is 1.48 bits per heavy atom. The Bertz CT molecular complexity index is 3040. The van der Waals surface area contributed by atoms with Crippen molar-refractivity contribution in [2.24, 2.45) is 5.92 Å². The standard InChI is InChI=1S/C35H25F3N3O.C18H24NSi.Ir/c1-34(2,3)26-20-22(21-10-5-4-6-11-21)16-18-28(26)41-29-15-8-7-14-27(29)39-32(41)25-13-9-12-23-24-17-19-30(35(36,37)38)40-33(24)42-31(23)25;1-14(2)11-16-12-17(15-9-7-6-8-10-15)19-13-18(16)20(3,4)5;/h4-12,14-20H,1-3H3;6-9,12-14H,11H2,1-5H3;/q2*-1;. The van der Waals surface area contributed by atoms with Gasteiger partial charge in [-0.15, -0.1) is 54.1 Å². The molecule has 0 aliphatic carbocycles. The summed E-state index contributed by atoms with van der Waals surface area (Å²) in [6.45, 7) is 18.3. The summed E-state index contributed by atoms with van der Waals surface area (Å²) in [6.07, 6.45) is -1.34. The Kier molecular flexibility index (Phi) is 12.8. The number of hydrogen-bond acceptors (Lipinski definition) is 4. The molecular formula is C53H49F3IrN4OSi-2. The normalized spacial score (nSPS) is 12.1. The molecule has 0 fully saturated rings. The quantitative estimate of drug-likeness (QED) is 0.118. The summed E-state index contributed by atoms with van der Waals surface area (Å²) >= 11 is 0. The fourth-order valence-electron chi connectivity index (χ4n) is 8.01. The monoisotopic (exact) mass is 1040 g/mol. The third-order valence-corrected chi connectivity index (χ3v) is 13.0. The van der Waals surface area contributed by atoms with Crippen LogP contribution in [0.25, 0.3) is 72.6 Å². The van der Waals surface area contributed by atoms with E-state index >= 15 is 0 Å². The molecule has 5 aromatic carbocycles. The Morgan fingerprint density at radius 1 is 0.746 bits per heavy atom. The molecule has 9 rings (SSSR count). The minimum atomic E-state index is -4.58. The van der Waals surface area contributed by atoms with Gasteiger partial charge in [0.2, 0.25) is 5.71 Å². The van der Waals surface area contributed by atoms with Gasteiger partial charge in [0, 0.05) is 37.4 Å². The second-order valence-electron chi connectivity index (χ2n) is 18.2. The molecule has 0 unspecified atom stereocenters. The zero-order valence-corrected chi connectivity index (χ0v) is 40.0. The Labute approximate surface area is 381 Å². The maximum atomic E-state index is 13.4. The van der Waals surface area contributed by atoms with Gasteiger partial charge in [-0.25, -0.2) is 4.98 Å². The molecule has 0 amide bonds. The van der Waals surface area contributed by atoms with Crippen LogP contribution in [-0.2, 0) is 38.1 Å². The van der Waals surface area contributed by atoms with Crippen molar-refractivity contribution in [2.45, 2.75) is 72.3 Å². The number of imidazole rings is 1. The first-order valence-corrected chi connectivity index (χ1v) is 24.4. The fraction of sp³-hybridized carbons (Fsp3) is 0.226. The molecule has 0 spiro atoms. The van der Waals surface area contributed by atoms with Gasteiger partial charge < -0.3 is 14.0 Å². The van der Waals surface area contributed by atoms with Crippen LogP contribution in [0.4, 0.5) is 13.2 Å². The fourth-order valence-corrected chi connectivity index (χ4v) is 9.60. The van der Waals surface area contributed by atoms with Gasteiger partial charge in [0.05, 0.1) is 30.5 Å². The Morgan fingerprint density at radius 3 is 2.16 bits per heavy atom.